The summed E-state index contributed by atoms with van der Waals surface area (Å²) >= 11 is 1.21. The van der Waals surface area contributed by atoms with Crippen LogP contribution in [0.4, 0.5) is 16.5 Å². The Morgan fingerprint density at radius 1 is 1.20 bits per heavy atom. The quantitative estimate of drug-likeness (QED) is 0.317. The van der Waals surface area contributed by atoms with Gasteiger partial charge in [-0.3, -0.25) is 19.8 Å². The first-order valence-electron chi connectivity index (χ1n) is 8.70. The second kappa shape index (κ2) is 9.14. The number of hydrogen-bond donors (Lipinski definition) is 0. The number of para-hydroxylation sites is 2. The van der Waals surface area contributed by atoms with E-state index in [-0.39, 0.29) is 23.8 Å². The molecule has 1 heterocycles. The van der Waals surface area contributed by atoms with Crippen LogP contribution in [0.25, 0.3) is 0 Å². The third-order valence-electron chi connectivity index (χ3n) is 4.02. The predicted molar refractivity (Wildman–Crippen MR) is 110 cm³/mol. The molecule has 1 amide bonds. The molecule has 154 valence electrons. The molecule has 0 N–H and O–H groups in total. The number of methoxy groups -OCH3 is 1. The van der Waals surface area contributed by atoms with Gasteiger partial charge in [0, 0.05) is 24.4 Å². The molecule has 1 aromatic heterocycles. The van der Waals surface area contributed by atoms with Crippen molar-refractivity contribution in [3.63, 3.8) is 0 Å². The van der Waals surface area contributed by atoms with Crippen molar-refractivity contribution in [3.8, 4) is 5.75 Å². The van der Waals surface area contributed by atoms with E-state index < -0.39 is 10.9 Å². The van der Waals surface area contributed by atoms with Gasteiger partial charge in [0.25, 0.3) is 5.69 Å². The van der Waals surface area contributed by atoms with E-state index in [1.807, 2.05) is 0 Å². The highest BCUT2D eigenvalue weighted by atomic mass is 32.1. The molecule has 10 heteroatoms. The lowest BCUT2D eigenvalue weighted by Gasteiger charge is -2.20. The summed E-state index contributed by atoms with van der Waals surface area (Å²) in [6, 6.07) is 12.3. The zero-order chi connectivity index (χ0) is 21.7. The van der Waals surface area contributed by atoms with Gasteiger partial charge in [0.2, 0.25) is 5.91 Å². The normalized spacial score (nSPS) is 10.3. The number of non-ortho nitro benzene ring substituents is 1. The molecule has 3 rings (SSSR count). The van der Waals surface area contributed by atoms with E-state index >= 15 is 0 Å². The number of nitro benzene ring substituents is 1. The molecule has 0 unspecified atom stereocenters. The molecule has 9 nitrogen and oxygen atoms in total. The Morgan fingerprint density at radius 2 is 1.97 bits per heavy atom. The summed E-state index contributed by atoms with van der Waals surface area (Å²) in [4.78, 5) is 40.5. The van der Waals surface area contributed by atoms with Gasteiger partial charge >= 0.3 is 5.97 Å². The third-order valence-corrected chi connectivity index (χ3v) is 4.89. The number of nitrogens with zero attached hydrogens (tertiary/aromatic N) is 3. The van der Waals surface area contributed by atoms with Crippen LogP contribution < -0.4 is 9.64 Å². The van der Waals surface area contributed by atoms with Crippen LogP contribution in [0.3, 0.4) is 0 Å². The molecule has 30 heavy (non-hydrogen) atoms. The van der Waals surface area contributed by atoms with Crippen LogP contribution in [0.2, 0.25) is 0 Å². The van der Waals surface area contributed by atoms with Gasteiger partial charge in [-0.1, -0.05) is 18.2 Å². The van der Waals surface area contributed by atoms with Crippen molar-refractivity contribution in [1.82, 2.24) is 4.98 Å². The Labute approximate surface area is 175 Å². The summed E-state index contributed by atoms with van der Waals surface area (Å²) in [6.45, 7) is 1.27. The molecule has 0 fully saturated rings. The van der Waals surface area contributed by atoms with E-state index in [1.54, 1.807) is 29.6 Å². The lowest BCUT2D eigenvalue weighted by molar-refractivity contribution is -0.384. The largest absolute Gasteiger partial charge is 0.495 e. The minimum absolute atomic E-state index is 0.0686. The molecule has 0 atom stereocenters. The fourth-order valence-electron chi connectivity index (χ4n) is 2.66. The standard InChI is InChI=1S/C20H17N3O6S/c1-13(24)22(17-8-3-4-9-18(17)28-2)20-21-15(12-30-20)11-29-19(25)14-6-5-7-16(10-14)23(26)27/h3-10,12H,11H2,1-2H3. The van der Waals surface area contributed by atoms with E-state index in [9.17, 15) is 19.7 Å². The number of thiazole rings is 1. The van der Waals surface area contributed by atoms with Crippen molar-refractivity contribution in [2.75, 3.05) is 12.0 Å². The van der Waals surface area contributed by atoms with Gasteiger partial charge in [0.1, 0.15) is 12.4 Å². The van der Waals surface area contributed by atoms with E-state index in [1.165, 1.54) is 48.5 Å². The van der Waals surface area contributed by atoms with E-state index in [4.69, 9.17) is 9.47 Å². The summed E-state index contributed by atoms with van der Waals surface area (Å²) in [5.74, 6) is -0.447. The highest BCUT2D eigenvalue weighted by Gasteiger charge is 2.21. The van der Waals surface area contributed by atoms with Gasteiger partial charge in [-0.05, 0) is 18.2 Å². The van der Waals surface area contributed by atoms with Gasteiger partial charge in [0.05, 0.1) is 29.0 Å². The fourth-order valence-corrected chi connectivity index (χ4v) is 3.52. The first-order chi connectivity index (χ1) is 14.4. The minimum Gasteiger partial charge on any atom is -0.495 e. The number of amides is 1. The number of rotatable bonds is 7. The van der Waals surface area contributed by atoms with Crippen molar-refractivity contribution in [2.24, 2.45) is 0 Å². The average molecular weight is 427 g/mol. The monoisotopic (exact) mass is 427 g/mol. The summed E-state index contributed by atoms with van der Waals surface area (Å²) in [5.41, 5.74) is 0.852. The predicted octanol–water partition coefficient (Wildman–Crippen LogP) is 4.10. The van der Waals surface area contributed by atoms with Gasteiger partial charge in [-0.25, -0.2) is 9.78 Å². The third kappa shape index (κ3) is 4.61. The summed E-state index contributed by atoms with van der Waals surface area (Å²) in [5, 5.41) is 12.9. The van der Waals surface area contributed by atoms with E-state index in [0.29, 0.717) is 22.3 Å². The molecule has 0 saturated heterocycles. The number of carbonyl (C=O) groups is 2. The molecule has 0 spiro atoms. The number of ether oxygens (including phenoxy) is 2. The maximum absolute atomic E-state index is 12.3. The Bertz CT molecular complexity index is 1100. The minimum atomic E-state index is -0.707. The van der Waals surface area contributed by atoms with Crippen LogP contribution in [-0.2, 0) is 16.1 Å². The zero-order valence-electron chi connectivity index (χ0n) is 16.1. The first-order valence-corrected chi connectivity index (χ1v) is 9.58. The van der Waals surface area contributed by atoms with Crippen LogP contribution in [0.15, 0.2) is 53.9 Å². The fraction of sp³-hybridized carbons (Fsp3) is 0.150. The van der Waals surface area contributed by atoms with Gasteiger partial charge in [-0.15, -0.1) is 11.3 Å². The Balaban J connectivity index is 1.75. The molecule has 0 radical (unpaired) electrons. The van der Waals surface area contributed by atoms with Gasteiger partial charge in [-0.2, -0.15) is 0 Å². The molecular formula is C20H17N3O6S. The van der Waals surface area contributed by atoms with Crippen molar-refractivity contribution >= 4 is 39.7 Å². The van der Waals surface area contributed by atoms with Gasteiger partial charge in [0.15, 0.2) is 5.13 Å². The van der Waals surface area contributed by atoms with E-state index in [0.717, 1.165) is 6.07 Å². The molecule has 0 aliphatic rings. The number of benzene rings is 2. The number of nitro groups is 1. The number of anilines is 2. The topological polar surface area (TPSA) is 112 Å². The molecule has 2 aromatic carbocycles. The van der Waals surface area contributed by atoms with Crippen molar-refractivity contribution in [2.45, 2.75) is 13.5 Å². The van der Waals surface area contributed by atoms with Crippen LogP contribution in [0.1, 0.15) is 23.0 Å². The maximum atomic E-state index is 12.3. The second-order valence-corrected chi connectivity index (χ2v) is 6.87. The van der Waals surface area contributed by atoms with Crippen LogP contribution in [-0.4, -0.2) is 28.9 Å². The summed E-state index contributed by atoms with van der Waals surface area (Å²) in [7, 11) is 1.51. The first kappa shape index (κ1) is 20.9. The highest BCUT2D eigenvalue weighted by molar-refractivity contribution is 7.14. The molecular weight excluding hydrogens is 410 g/mol. The lowest BCUT2D eigenvalue weighted by atomic mass is 10.2. The van der Waals surface area contributed by atoms with E-state index in [2.05, 4.69) is 4.98 Å². The Kier molecular flexibility index (Phi) is 6.38. The smallest absolute Gasteiger partial charge is 0.338 e. The molecule has 0 aliphatic carbocycles. The SMILES string of the molecule is COc1ccccc1N(C(C)=O)c1nc(COC(=O)c2cccc([N+](=O)[O-])c2)cs1. The number of carbonyl (C=O) groups excluding carboxylic acids is 2. The lowest BCUT2D eigenvalue weighted by Crippen LogP contribution is -2.23. The Hall–Kier alpha value is -3.79. The molecule has 0 bridgehead atoms. The average Bonchev–Trinajstić information content (AvgIpc) is 3.20. The number of hydrogen-bond acceptors (Lipinski definition) is 8. The summed E-state index contributed by atoms with van der Waals surface area (Å²) in [6.07, 6.45) is 0. The number of aromatic nitrogens is 1. The van der Waals surface area contributed by atoms with Crippen LogP contribution in [0.5, 0.6) is 5.75 Å². The van der Waals surface area contributed by atoms with Gasteiger partial charge < -0.3 is 9.47 Å². The maximum Gasteiger partial charge on any atom is 0.338 e. The van der Waals surface area contributed by atoms with Crippen LogP contribution in [0, 0.1) is 10.1 Å². The van der Waals surface area contributed by atoms with Crippen molar-refractivity contribution < 1.29 is 24.0 Å². The highest BCUT2D eigenvalue weighted by Crippen LogP contribution is 2.35. The molecule has 3 aromatic rings. The second-order valence-electron chi connectivity index (χ2n) is 6.03. The molecule has 0 saturated carbocycles. The number of esters is 1. The van der Waals surface area contributed by atoms with Crippen molar-refractivity contribution in [3.05, 3.63) is 75.3 Å². The summed E-state index contributed by atoms with van der Waals surface area (Å²) < 4.78 is 10.5. The zero-order valence-corrected chi connectivity index (χ0v) is 16.9. The van der Waals surface area contributed by atoms with Crippen LogP contribution >= 0.6 is 11.3 Å². The Morgan fingerprint density at radius 3 is 2.67 bits per heavy atom. The van der Waals surface area contributed by atoms with Crippen molar-refractivity contribution in [1.29, 1.82) is 0 Å². The molecule has 0 aliphatic heterocycles.